The van der Waals surface area contributed by atoms with Crippen LogP contribution in [0, 0.1) is 0 Å². The van der Waals surface area contributed by atoms with Crippen molar-refractivity contribution in [3.8, 4) is 0 Å². The largest absolute Gasteiger partial charge is 0.399 e. The smallest absolute Gasteiger partial charge is 0.0589 e. The van der Waals surface area contributed by atoms with Crippen molar-refractivity contribution in [1.29, 1.82) is 0 Å². The average Bonchev–Trinajstić information content (AvgIpc) is 2.28. The number of hydrogen-bond acceptors (Lipinski definition) is 2. The molecule has 0 radical (unpaired) electrons. The molecule has 0 aromatic heterocycles. The van der Waals surface area contributed by atoms with Crippen molar-refractivity contribution in [3.63, 3.8) is 0 Å². The summed E-state index contributed by atoms with van der Waals surface area (Å²) in [5, 5.41) is 0.448. The Morgan fingerprint density at radius 3 is 2.67 bits per heavy atom. The molecule has 94 valence electrons. The predicted molar refractivity (Wildman–Crippen MR) is 80.1 cm³/mol. The quantitative estimate of drug-likeness (QED) is 0.855. The number of hydrogen-bond donors (Lipinski definition) is 1. The maximum absolute atomic E-state index is 12.2. The number of nitrogen functional groups attached to an aromatic ring is 1. The third kappa shape index (κ3) is 3.34. The van der Waals surface area contributed by atoms with Crippen LogP contribution in [0.4, 0.5) is 5.69 Å². The monoisotopic (exact) mass is 343 g/mol. The molecule has 0 aliphatic rings. The summed E-state index contributed by atoms with van der Waals surface area (Å²) in [5.74, 6) is 0.434. The highest BCUT2D eigenvalue weighted by Crippen LogP contribution is 2.24. The molecule has 2 aromatic rings. The molecule has 0 aliphatic heterocycles. The van der Waals surface area contributed by atoms with Gasteiger partial charge < -0.3 is 5.73 Å². The maximum Gasteiger partial charge on any atom is 0.0589 e. The molecule has 18 heavy (non-hydrogen) atoms. The van der Waals surface area contributed by atoms with Crippen LogP contribution in [0.5, 0.6) is 0 Å². The van der Waals surface area contributed by atoms with E-state index in [1.165, 1.54) is 0 Å². The second kappa shape index (κ2) is 5.87. The molecule has 0 bridgehead atoms. The molecular weight excluding hydrogens is 334 g/mol. The van der Waals surface area contributed by atoms with Gasteiger partial charge in [-0.15, -0.1) is 0 Å². The van der Waals surface area contributed by atoms with Crippen LogP contribution < -0.4 is 5.73 Å². The number of benzene rings is 2. The Bertz CT molecular complexity index is 603. The molecule has 2 nitrogen and oxygen atoms in total. The highest BCUT2D eigenvalue weighted by Gasteiger charge is 2.10. The Kier molecular flexibility index (Phi) is 4.43. The van der Waals surface area contributed by atoms with Crippen molar-refractivity contribution in [2.75, 3.05) is 5.73 Å². The van der Waals surface area contributed by atoms with Gasteiger partial charge in [0.1, 0.15) is 0 Å². The lowest BCUT2D eigenvalue weighted by atomic mass is 10.2. The van der Waals surface area contributed by atoms with E-state index in [4.69, 9.17) is 17.3 Å². The van der Waals surface area contributed by atoms with Crippen LogP contribution in [0.15, 0.2) is 51.8 Å². The molecule has 2 N–H and O–H groups in total. The summed E-state index contributed by atoms with van der Waals surface area (Å²) in [7, 11) is -1.17. The van der Waals surface area contributed by atoms with Gasteiger partial charge in [-0.25, -0.2) is 0 Å². The van der Waals surface area contributed by atoms with E-state index in [1.807, 2.05) is 24.3 Å². The highest BCUT2D eigenvalue weighted by molar-refractivity contribution is 9.10. The number of nitrogens with two attached hydrogens (primary N) is 1. The first-order valence-electron chi connectivity index (χ1n) is 5.24. The third-order valence-electron chi connectivity index (χ3n) is 2.39. The minimum atomic E-state index is -1.17. The van der Waals surface area contributed by atoms with E-state index in [0.717, 1.165) is 10.0 Å². The summed E-state index contributed by atoms with van der Waals surface area (Å²) in [5.41, 5.74) is 7.18. The molecule has 0 spiro atoms. The van der Waals surface area contributed by atoms with Gasteiger partial charge >= 0.3 is 0 Å². The second-order valence-corrected chi connectivity index (χ2v) is 6.55. The van der Waals surface area contributed by atoms with Crippen molar-refractivity contribution in [2.24, 2.45) is 0 Å². The molecule has 1 unspecified atom stereocenters. The van der Waals surface area contributed by atoms with Crippen LogP contribution in [0.2, 0.25) is 5.02 Å². The van der Waals surface area contributed by atoms with Crippen LogP contribution in [0.25, 0.3) is 0 Å². The topological polar surface area (TPSA) is 43.1 Å². The van der Waals surface area contributed by atoms with E-state index in [2.05, 4.69) is 15.9 Å². The molecule has 2 aromatic carbocycles. The highest BCUT2D eigenvalue weighted by atomic mass is 79.9. The minimum Gasteiger partial charge on any atom is -0.399 e. The first kappa shape index (κ1) is 13.6. The van der Waals surface area contributed by atoms with Gasteiger partial charge in [-0.3, -0.25) is 4.21 Å². The lowest BCUT2D eigenvalue weighted by Crippen LogP contribution is -1.98. The van der Waals surface area contributed by atoms with Crippen molar-refractivity contribution < 1.29 is 4.21 Å². The lowest BCUT2D eigenvalue weighted by Gasteiger charge is -2.06. The first-order valence-corrected chi connectivity index (χ1v) is 7.73. The summed E-state index contributed by atoms with van der Waals surface area (Å²) in [4.78, 5) is 0.617. The van der Waals surface area contributed by atoms with Crippen molar-refractivity contribution in [3.05, 3.63) is 57.5 Å². The van der Waals surface area contributed by atoms with Crippen molar-refractivity contribution in [2.45, 2.75) is 10.6 Å². The minimum absolute atomic E-state index is 0.434. The van der Waals surface area contributed by atoms with E-state index >= 15 is 0 Å². The van der Waals surface area contributed by atoms with Crippen molar-refractivity contribution in [1.82, 2.24) is 0 Å². The fourth-order valence-electron chi connectivity index (χ4n) is 1.56. The Morgan fingerprint density at radius 2 is 2.00 bits per heavy atom. The second-order valence-electron chi connectivity index (χ2n) is 3.81. The van der Waals surface area contributed by atoms with Crippen LogP contribution in [0.3, 0.4) is 0 Å². The standard InChI is InChI=1S/C13H11BrClNOS/c14-10-3-1-2-9(6-10)8-18(17)13-5-4-11(16)7-12(13)15/h1-7H,8,16H2. The van der Waals surface area contributed by atoms with E-state index in [0.29, 0.717) is 21.4 Å². The SMILES string of the molecule is Nc1ccc(S(=O)Cc2cccc(Br)c2)c(Cl)c1. The van der Waals surface area contributed by atoms with Gasteiger partial charge in [-0.05, 0) is 35.9 Å². The summed E-state index contributed by atoms with van der Waals surface area (Å²) < 4.78 is 13.2. The summed E-state index contributed by atoms with van der Waals surface area (Å²) in [6, 6.07) is 12.8. The van der Waals surface area contributed by atoms with Gasteiger partial charge in [0, 0.05) is 10.2 Å². The molecular formula is C13H11BrClNOS. The van der Waals surface area contributed by atoms with E-state index in [9.17, 15) is 4.21 Å². The number of anilines is 1. The van der Waals surface area contributed by atoms with E-state index < -0.39 is 10.8 Å². The zero-order chi connectivity index (χ0) is 13.1. The van der Waals surface area contributed by atoms with Crippen LogP contribution in [-0.2, 0) is 16.6 Å². The zero-order valence-electron chi connectivity index (χ0n) is 9.40. The van der Waals surface area contributed by atoms with E-state index in [1.54, 1.807) is 18.2 Å². The molecule has 0 aliphatic carbocycles. The molecule has 0 heterocycles. The fraction of sp³-hybridized carbons (Fsp3) is 0.0769. The Hall–Kier alpha value is -0.840. The molecule has 5 heteroatoms. The Balaban J connectivity index is 2.22. The van der Waals surface area contributed by atoms with Crippen molar-refractivity contribution >= 4 is 44.0 Å². The van der Waals surface area contributed by atoms with Gasteiger partial charge in [-0.2, -0.15) is 0 Å². The maximum atomic E-state index is 12.2. The summed E-state index contributed by atoms with van der Waals surface area (Å²) >= 11 is 9.43. The molecule has 1 atom stereocenters. The normalized spacial score (nSPS) is 12.3. The van der Waals surface area contributed by atoms with Gasteiger partial charge in [0.05, 0.1) is 26.5 Å². The Morgan fingerprint density at radius 1 is 1.22 bits per heavy atom. The first-order chi connectivity index (χ1) is 8.56. The zero-order valence-corrected chi connectivity index (χ0v) is 12.6. The molecule has 0 fully saturated rings. The average molecular weight is 345 g/mol. The van der Waals surface area contributed by atoms with Crippen LogP contribution in [0.1, 0.15) is 5.56 Å². The Labute approximate surface area is 122 Å². The molecule has 0 saturated carbocycles. The fourth-order valence-corrected chi connectivity index (χ4v) is 3.59. The number of rotatable bonds is 3. The molecule has 2 rings (SSSR count). The molecule has 0 saturated heterocycles. The number of halogens is 2. The predicted octanol–water partition coefficient (Wildman–Crippen LogP) is 3.99. The lowest BCUT2D eigenvalue weighted by molar-refractivity contribution is 0.682. The van der Waals surface area contributed by atoms with Crippen LogP contribution in [-0.4, -0.2) is 4.21 Å². The molecule has 0 amide bonds. The summed E-state index contributed by atoms with van der Waals surface area (Å²) in [6.07, 6.45) is 0. The van der Waals surface area contributed by atoms with Gasteiger partial charge in [0.25, 0.3) is 0 Å². The van der Waals surface area contributed by atoms with Gasteiger partial charge in [0.15, 0.2) is 0 Å². The van der Waals surface area contributed by atoms with Gasteiger partial charge in [0.2, 0.25) is 0 Å². The van der Waals surface area contributed by atoms with Crippen LogP contribution >= 0.6 is 27.5 Å². The van der Waals surface area contributed by atoms with E-state index in [-0.39, 0.29) is 0 Å². The van der Waals surface area contributed by atoms with Gasteiger partial charge in [-0.1, -0.05) is 39.7 Å². The third-order valence-corrected chi connectivity index (χ3v) is 4.75. The summed E-state index contributed by atoms with van der Waals surface area (Å²) in [6.45, 7) is 0.